The molecule has 10 heavy (non-hydrogen) atoms. The highest BCUT2D eigenvalue weighted by atomic mass is 79.9. The highest BCUT2D eigenvalue weighted by molar-refractivity contribution is 9.09. The van der Waals surface area contributed by atoms with E-state index >= 15 is 0 Å². The maximum absolute atomic E-state index is 10.6. The van der Waals surface area contributed by atoms with Crippen LogP contribution in [-0.2, 0) is 14.3 Å². The van der Waals surface area contributed by atoms with Crippen LogP contribution in [0, 0.1) is 0 Å². The van der Waals surface area contributed by atoms with Crippen molar-refractivity contribution in [1.29, 1.82) is 0 Å². The van der Waals surface area contributed by atoms with Crippen molar-refractivity contribution >= 4 is 21.9 Å². The molecule has 0 N–H and O–H groups in total. The molecule has 0 aliphatic rings. The first-order chi connectivity index (χ1) is 4.81. The lowest BCUT2D eigenvalue weighted by atomic mass is 10.7. The minimum Gasteiger partial charge on any atom is -0.463 e. The van der Waals surface area contributed by atoms with Crippen LogP contribution in [0.4, 0.5) is 0 Å². The molecule has 3 nitrogen and oxygen atoms in total. The molecule has 0 aromatic carbocycles. The number of esters is 1. The molecule has 0 amide bonds. The van der Waals surface area contributed by atoms with Gasteiger partial charge in [0.15, 0.2) is 0 Å². The van der Waals surface area contributed by atoms with Gasteiger partial charge in [0.2, 0.25) is 0 Å². The summed E-state index contributed by atoms with van der Waals surface area (Å²) in [6.07, 6.45) is 0. The van der Waals surface area contributed by atoms with Crippen LogP contribution in [0.15, 0.2) is 0 Å². The quantitative estimate of drug-likeness (QED) is 0.501. The standard InChI is InChI=1S/C6H11BrO3/c1-2-9-5-6(8)10-4-3-7/h2-5H2,1H3. The number of ether oxygens (including phenoxy) is 2. The van der Waals surface area contributed by atoms with Crippen molar-refractivity contribution in [2.45, 2.75) is 6.92 Å². The van der Waals surface area contributed by atoms with Gasteiger partial charge in [0.25, 0.3) is 0 Å². The van der Waals surface area contributed by atoms with Gasteiger partial charge in [0.1, 0.15) is 13.2 Å². The molecule has 0 rings (SSSR count). The van der Waals surface area contributed by atoms with Crippen molar-refractivity contribution in [2.75, 3.05) is 25.2 Å². The number of carbonyl (C=O) groups is 1. The average molecular weight is 211 g/mol. The number of halogens is 1. The van der Waals surface area contributed by atoms with E-state index < -0.39 is 0 Å². The lowest BCUT2D eigenvalue weighted by Gasteiger charge is -2.00. The van der Waals surface area contributed by atoms with Crippen LogP contribution in [0.2, 0.25) is 0 Å². The Balaban J connectivity index is 3.09. The lowest BCUT2D eigenvalue weighted by Crippen LogP contribution is -2.13. The smallest absolute Gasteiger partial charge is 0.332 e. The summed E-state index contributed by atoms with van der Waals surface area (Å²) in [5, 5.41) is 0.671. The Bertz CT molecular complexity index is 85.0. The number of hydrogen-bond acceptors (Lipinski definition) is 3. The predicted octanol–water partition coefficient (Wildman–Crippen LogP) is 0.961. The third-order valence-electron chi connectivity index (χ3n) is 0.764. The van der Waals surface area contributed by atoms with Gasteiger partial charge in [-0.05, 0) is 6.92 Å². The Labute approximate surface area is 68.8 Å². The van der Waals surface area contributed by atoms with Crippen LogP contribution >= 0.6 is 15.9 Å². The summed E-state index contributed by atoms with van der Waals surface area (Å²) >= 11 is 3.13. The molecule has 0 heterocycles. The summed E-state index contributed by atoms with van der Waals surface area (Å²) in [6, 6.07) is 0. The zero-order valence-electron chi connectivity index (χ0n) is 5.93. The van der Waals surface area contributed by atoms with E-state index in [0.717, 1.165) is 0 Å². The Hall–Kier alpha value is -0.0900. The molecule has 0 saturated heterocycles. The van der Waals surface area contributed by atoms with Gasteiger partial charge >= 0.3 is 5.97 Å². The van der Waals surface area contributed by atoms with E-state index in [1.165, 1.54) is 0 Å². The Morgan fingerprint density at radius 1 is 1.60 bits per heavy atom. The summed E-state index contributed by atoms with van der Waals surface area (Å²) < 4.78 is 9.48. The van der Waals surface area contributed by atoms with Crippen molar-refractivity contribution in [3.63, 3.8) is 0 Å². The number of rotatable bonds is 5. The van der Waals surface area contributed by atoms with E-state index in [1.807, 2.05) is 6.92 Å². The van der Waals surface area contributed by atoms with Gasteiger partial charge in [-0.1, -0.05) is 15.9 Å². The number of carbonyl (C=O) groups excluding carboxylic acids is 1. The van der Waals surface area contributed by atoms with E-state index in [4.69, 9.17) is 4.74 Å². The first-order valence-electron chi connectivity index (χ1n) is 3.10. The molecule has 0 saturated carbocycles. The van der Waals surface area contributed by atoms with E-state index in [0.29, 0.717) is 18.5 Å². The van der Waals surface area contributed by atoms with E-state index in [1.54, 1.807) is 0 Å². The third-order valence-corrected chi connectivity index (χ3v) is 1.09. The highest BCUT2D eigenvalue weighted by Crippen LogP contribution is 1.84. The fourth-order valence-corrected chi connectivity index (χ4v) is 0.541. The summed E-state index contributed by atoms with van der Waals surface area (Å²) in [4.78, 5) is 10.6. The average Bonchev–Trinajstić information content (AvgIpc) is 1.97. The van der Waals surface area contributed by atoms with E-state index in [2.05, 4.69) is 20.7 Å². The maximum atomic E-state index is 10.6. The molecule has 0 aliphatic heterocycles. The first-order valence-corrected chi connectivity index (χ1v) is 4.22. The van der Waals surface area contributed by atoms with Crippen LogP contribution in [0.3, 0.4) is 0 Å². The van der Waals surface area contributed by atoms with E-state index in [9.17, 15) is 4.79 Å². The normalized spacial score (nSPS) is 9.40. The van der Waals surface area contributed by atoms with Crippen molar-refractivity contribution in [2.24, 2.45) is 0 Å². The van der Waals surface area contributed by atoms with Crippen molar-refractivity contribution in [1.82, 2.24) is 0 Å². The van der Waals surface area contributed by atoms with Gasteiger partial charge in [0, 0.05) is 11.9 Å². The number of alkyl halides is 1. The maximum Gasteiger partial charge on any atom is 0.332 e. The second kappa shape index (κ2) is 7.02. The van der Waals surface area contributed by atoms with Gasteiger partial charge in [-0.3, -0.25) is 0 Å². The monoisotopic (exact) mass is 210 g/mol. The molecule has 60 valence electrons. The molecule has 0 radical (unpaired) electrons. The molecule has 0 unspecified atom stereocenters. The first kappa shape index (κ1) is 9.91. The van der Waals surface area contributed by atoms with Gasteiger partial charge < -0.3 is 9.47 Å². The van der Waals surface area contributed by atoms with Crippen molar-refractivity contribution in [3.8, 4) is 0 Å². The topological polar surface area (TPSA) is 35.5 Å². The van der Waals surface area contributed by atoms with Gasteiger partial charge in [-0.2, -0.15) is 0 Å². The highest BCUT2D eigenvalue weighted by Gasteiger charge is 1.99. The molecular weight excluding hydrogens is 200 g/mol. The summed E-state index contributed by atoms with van der Waals surface area (Å²) in [5.74, 6) is -0.304. The largest absolute Gasteiger partial charge is 0.463 e. The predicted molar refractivity (Wildman–Crippen MR) is 41.2 cm³/mol. The summed E-state index contributed by atoms with van der Waals surface area (Å²) in [7, 11) is 0. The SMILES string of the molecule is CCOCC(=O)OCCBr. The van der Waals surface area contributed by atoms with Gasteiger partial charge in [-0.15, -0.1) is 0 Å². The minimum atomic E-state index is -0.304. The lowest BCUT2D eigenvalue weighted by molar-refractivity contribution is -0.148. The number of hydrogen-bond donors (Lipinski definition) is 0. The Kier molecular flexibility index (Phi) is 6.96. The molecule has 0 aromatic heterocycles. The van der Waals surface area contributed by atoms with Crippen LogP contribution in [0.1, 0.15) is 6.92 Å². The van der Waals surface area contributed by atoms with Crippen LogP contribution < -0.4 is 0 Å². The Morgan fingerprint density at radius 3 is 2.80 bits per heavy atom. The summed E-state index contributed by atoms with van der Waals surface area (Å²) in [5.41, 5.74) is 0. The van der Waals surface area contributed by atoms with Crippen LogP contribution in [-0.4, -0.2) is 31.1 Å². The second-order valence-corrected chi connectivity index (χ2v) is 2.34. The van der Waals surface area contributed by atoms with E-state index in [-0.39, 0.29) is 12.6 Å². The second-order valence-electron chi connectivity index (χ2n) is 1.55. The fraction of sp³-hybridized carbons (Fsp3) is 0.833. The summed E-state index contributed by atoms with van der Waals surface area (Å²) in [6.45, 7) is 2.84. The molecule has 4 heteroatoms. The fourth-order valence-electron chi connectivity index (χ4n) is 0.379. The van der Waals surface area contributed by atoms with Crippen molar-refractivity contribution < 1.29 is 14.3 Å². The van der Waals surface area contributed by atoms with Gasteiger partial charge in [0.05, 0.1) is 0 Å². The van der Waals surface area contributed by atoms with Crippen LogP contribution in [0.25, 0.3) is 0 Å². The molecule has 0 bridgehead atoms. The molecule has 0 atom stereocenters. The molecule has 0 fully saturated rings. The Morgan fingerprint density at radius 2 is 2.30 bits per heavy atom. The zero-order chi connectivity index (χ0) is 7.82. The third kappa shape index (κ3) is 6.04. The molecule has 0 aliphatic carbocycles. The molecular formula is C6H11BrO3. The van der Waals surface area contributed by atoms with Crippen molar-refractivity contribution in [3.05, 3.63) is 0 Å². The molecule has 0 spiro atoms. The zero-order valence-corrected chi connectivity index (χ0v) is 7.52. The molecule has 0 aromatic rings. The van der Waals surface area contributed by atoms with Crippen LogP contribution in [0.5, 0.6) is 0 Å². The minimum absolute atomic E-state index is 0.0590. The van der Waals surface area contributed by atoms with Gasteiger partial charge in [-0.25, -0.2) is 4.79 Å².